The average molecular weight is 388 g/mol. The smallest absolute Gasteiger partial charge is 0.274 e. The molecular weight excluding hydrogens is 364 g/mol. The van der Waals surface area contributed by atoms with Crippen LogP contribution in [0.3, 0.4) is 0 Å². The predicted molar refractivity (Wildman–Crippen MR) is 117 cm³/mol. The molecule has 6 heteroatoms. The van der Waals surface area contributed by atoms with E-state index in [1.807, 2.05) is 24.3 Å². The number of anilines is 4. The van der Waals surface area contributed by atoms with Crippen LogP contribution in [0.25, 0.3) is 0 Å². The zero-order valence-corrected chi connectivity index (χ0v) is 16.7. The maximum atomic E-state index is 12.4. The van der Waals surface area contributed by atoms with Gasteiger partial charge in [0.25, 0.3) is 5.91 Å². The largest absolute Gasteiger partial charge is 0.354 e. The molecule has 3 N–H and O–H groups in total. The van der Waals surface area contributed by atoms with Gasteiger partial charge in [-0.05, 0) is 53.9 Å². The van der Waals surface area contributed by atoms with Crippen molar-refractivity contribution in [1.82, 2.24) is 4.98 Å². The van der Waals surface area contributed by atoms with E-state index in [2.05, 4.69) is 40.8 Å². The summed E-state index contributed by atoms with van der Waals surface area (Å²) in [6.07, 6.45) is 1.64. The van der Waals surface area contributed by atoms with Crippen molar-refractivity contribution in [2.75, 3.05) is 16.0 Å². The number of amides is 2. The second-order valence-corrected chi connectivity index (χ2v) is 7.01. The summed E-state index contributed by atoms with van der Waals surface area (Å²) in [7, 11) is 0. The first-order valence-corrected chi connectivity index (χ1v) is 9.43. The topological polar surface area (TPSA) is 83.1 Å². The summed E-state index contributed by atoms with van der Waals surface area (Å²) >= 11 is 0. The van der Waals surface area contributed by atoms with E-state index in [4.69, 9.17) is 0 Å². The molecule has 3 rings (SSSR count). The van der Waals surface area contributed by atoms with Crippen molar-refractivity contribution in [3.05, 3.63) is 78.1 Å². The van der Waals surface area contributed by atoms with Crippen molar-refractivity contribution < 1.29 is 9.59 Å². The van der Waals surface area contributed by atoms with Gasteiger partial charge in [0, 0.05) is 24.0 Å². The molecule has 0 fully saturated rings. The molecule has 0 saturated carbocycles. The Balaban J connectivity index is 1.65. The molecule has 0 saturated heterocycles. The first-order chi connectivity index (χ1) is 13.9. The zero-order chi connectivity index (χ0) is 20.8. The number of aromatic nitrogens is 1. The van der Waals surface area contributed by atoms with E-state index in [-0.39, 0.29) is 11.8 Å². The van der Waals surface area contributed by atoms with Crippen molar-refractivity contribution in [1.29, 1.82) is 0 Å². The molecule has 29 heavy (non-hydrogen) atoms. The molecule has 2 amide bonds. The fourth-order valence-electron chi connectivity index (χ4n) is 2.91. The molecule has 1 aromatic heterocycles. The molecule has 0 bridgehead atoms. The highest BCUT2D eigenvalue weighted by Crippen LogP contribution is 2.26. The van der Waals surface area contributed by atoms with Crippen LogP contribution < -0.4 is 16.0 Å². The summed E-state index contributed by atoms with van der Waals surface area (Å²) in [5.74, 6) is -0.0455. The molecule has 3 aromatic rings. The van der Waals surface area contributed by atoms with Gasteiger partial charge in [0.1, 0.15) is 5.69 Å². The SMILES string of the molecule is CC(=O)Nc1ccc(NC(=O)c2ccc(Nc3ccccc3C(C)C)cn2)cc1. The number of hydrogen-bond donors (Lipinski definition) is 3. The molecule has 0 unspecified atom stereocenters. The van der Waals surface area contributed by atoms with E-state index in [9.17, 15) is 9.59 Å². The molecule has 0 atom stereocenters. The minimum atomic E-state index is -0.300. The van der Waals surface area contributed by atoms with Crippen LogP contribution in [0.2, 0.25) is 0 Å². The molecule has 0 radical (unpaired) electrons. The van der Waals surface area contributed by atoms with Crippen LogP contribution >= 0.6 is 0 Å². The van der Waals surface area contributed by atoms with Gasteiger partial charge in [0.2, 0.25) is 5.91 Å². The van der Waals surface area contributed by atoms with Crippen LogP contribution in [0.4, 0.5) is 22.7 Å². The average Bonchev–Trinajstić information content (AvgIpc) is 2.70. The van der Waals surface area contributed by atoms with Crippen LogP contribution in [-0.4, -0.2) is 16.8 Å². The Bertz CT molecular complexity index is 996. The summed E-state index contributed by atoms with van der Waals surface area (Å²) in [5, 5.41) is 8.84. The molecule has 148 valence electrons. The number of rotatable bonds is 6. The summed E-state index contributed by atoms with van der Waals surface area (Å²) in [4.78, 5) is 27.8. The molecule has 6 nitrogen and oxygen atoms in total. The Morgan fingerprint density at radius 1 is 0.828 bits per heavy atom. The first-order valence-electron chi connectivity index (χ1n) is 9.43. The zero-order valence-electron chi connectivity index (χ0n) is 16.7. The highest BCUT2D eigenvalue weighted by Gasteiger charge is 2.10. The van der Waals surface area contributed by atoms with Gasteiger partial charge in [-0.2, -0.15) is 0 Å². The van der Waals surface area contributed by atoms with Crippen LogP contribution in [0.15, 0.2) is 66.9 Å². The van der Waals surface area contributed by atoms with E-state index in [1.54, 1.807) is 36.5 Å². The fraction of sp³-hybridized carbons (Fsp3) is 0.174. The van der Waals surface area contributed by atoms with Crippen LogP contribution in [0.5, 0.6) is 0 Å². The normalized spacial score (nSPS) is 10.5. The van der Waals surface area contributed by atoms with Crippen molar-refractivity contribution in [3.63, 3.8) is 0 Å². The predicted octanol–water partition coefficient (Wildman–Crippen LogP) is 5.16. The Hall–Kier alpha value is -3.67. The third kappa shape index (κ3) is 5.42. The van der Waals surface area contributed by atoms with Gasteiger partial charge in [0.15, 0.2) is 0 Å². The molecule has 0 aliphatic heterocycles. The number of para-hydroxylation sites is 1. The van der Waals surface area contributed by atoms with Crippen LogP contribution in [0, 0.1) is 0 Å². The van der Waals surface area contributed by atoms with Gasteiger partial charge in [-0.25, -0.2) is 4.98 Å². The van der Waals surface area contributed by atoms with Crippen molar-refractivity contribution >= 4 is 34.6 Å². The minimum absolute atomic E-state index is 0.143. The molecule has 0 spiro atoms. The lowest BCUT2D eigenvalue weighted by Crippen LogP contribution is -2.13. The van der Waals surface area contributed by atoms with Gasteiger partial charge in [-0.3, -0.25) is 9.59 Å². The number of carbonyl (C=O) groups is 2. The molecule has 1 heterocycles. The summed E-state index contributed by atoms with van der Waals surface area (Å²) < 4.78 is 0. The number of carbonyl (C=O) groups excluding carboxylic acids is 2. The van der Waals surface area contributed by atoms with Gasteiger partial charge >= 0.3 is 0 Å². The minimum Gasteiger partial charge on any atom is -0.354 e. The van der Waals surface area contributed by atoms with E-state index < -0.39 is 0 Å². The van der Waals surface area contributed by atoms with Gasteiger partial charge in [0.05, 0.1) is 11.9 Å². The van der Waals surface area contributed by atoms with Gasteiger partial charge in [-0.1, -0.05) is 32.0 Å². The first kappa shape index (κ1) is 20.1. The Labute approximate surface area is 170 Å². The van der Waals surface area contributed by atoms with Gasteiger partial charge in [-0.15, -0.1) is 0 Å². The number of hydrogen-bond acceptors (Lipinski definition) is 4. The number of nitrogens with one attached hydrogen (secondary N) is 3. The van der Waals surface area contributed by atoms with Crippen molar-refractivity contribution in [2.24, 2.45) is 0 Å². The van der Waals surface area contributed by atoms with Crippen molar-refractivity contribution in [3.8, 4) is 0 Å². The second-order valence-electron chi connectivity index (χ2n) is 7.01. The van der Waals surface area contributed by atoms with E-state index in [1.165, 1.54) is 12.5 Å². The lowest BCUT2D eigenvalue weighted by Gasteiger charge is -2.14. The third-order valence-electron chi connectivity index (χ3n) is 4.32. The third-order valence-corrected chi connectivity index (χ3v) is 4.32. The molecule has 2 aromatic carbocycles. The van der Waals surface area contributed by atoms with Crippen LogP contribution in [-0.2, 0) is 4.79 Å². The summed E-state index contributed by atoms with van der Waals surface area (Å²) in [5.41, 5.74) is 4.68. The molecular formula is C23H24N4O2. The maximum Gasteiger partial charge on any atom is 0.274 e. The van der Waals surface area contributed by atoms with Crippen molar-refractivity contribution in [2.45, 2.75) is 26.7 Å². The Morgan fingerprint density at radius 2 is 1.45 bits per heavy atom. The van der Waals surface area contributed by atoms with Gasteiger partial charge < -0.3 is 16.0 Å². The Kier molecular flexibility index (Phi) is 6.24. The molecule has 0 aliphatic rings. The fourth-order valence-corrected chi connectivity index (χ4v) is 2.91. The monoisotopic (exact) mass is 388 g/mol. The highest BCUT2D eigenvalue weighted by atomic mass is 16.2. The quantitative estimate of drug-likeness (QED) is 0.545. The van der Waals surface area contributed by atoms with E-state index >= 15 is 0 Å². The lowest BCUT2D eigenvalue weighted by molar-refractivity contribution is -0.114. The van der Waals surface area contributed by atoms with E-state index in [0.717, 1.165) is 11.4 Å². The Morgan fingerprint density at radius 3 is 2.03 bits per heavy atom. The van der Waals surface area contributed by atoms with Crippen LogP contribution in [0.1, 0.15) is 42.7 Å². The second kappa shape index (κ2) is 9.01. The van der Waals surface area contributed by atoms with E-state index in [0.29, 0.717) is 23.0 Å². The standard InChI is InChI=1S/C23H24N4O2/c1-15(2)20-6-4-5-7-21(20)26-19-12-13-22(24-14-19)23(29)27-18-10-8-17(9-11-18)25-16(3)28/h4-15,26H,1-3H3,(H,25,28)(H,27,29). The number of pyridine rings is 1. The molecule has 0 aliphatic carbocycles. The lowest BCUT2D eigenvalue weighted by atomic mass is 10.0. The highest BCUT2D eigenvalue weighted by molar-refractivity contribution is 6.03. The maximum absolute atomic E-state index is 12.4. The summed E-state index contributed by atoms with van der Waals surface area (Å²) in [6.45, 7) is 5.74. The number of nitrogens with zero attached hydrogens (tertiary/aromatic N) is 1. The number of benzene rings is 2. The summed E-state index contributed by atoms with van der Waals surface area (Å²) in [6, 6.07) is 18.5.